The molecular weight excluding hydrogens is 230 g/mol. The molecule has 2 rings (SSSR count). The number of hydrogen-bond donors (Lipinski definition) is 1. The molecule has 96 valence electrons. The zero-order valence-corrected chi connectivity index (χ0v) is 10.8. The smallest absolute Gasteiger partial charge is 0.321 e. The Morgan fingerprint density at radius 2 is 1.94 bits per heavy atom. The summed E-state index contributed by atoms with van der Waals surface area (Å²) >= 11 is 0. The van der Waals surface area contributed by atoms with Crippen LogP contribution in [0.5, 0.6) is 0 Å². The van der Waals surface area contributed by atoms with Crippen molar-refractivity contribution >= 4 is 6.01 Å². The average Bonchev–Trinajstić information content (AvgIpc) is 2.79. The lowest BCUT2D eigenvalue weighted by atomic mass is 10.1. The topological polar surface area (TPSA) is 60.2 Å². The van der Waals surface area contributed by atoms with Gasteiger partial charge in [0.25, 0.3) is 0 Å². The number of rotatable bonds is 5. The molecule has 18 heavy (non-hydrogen) atoms. The van der Waals surface area contributed by atoms with Crippen LogP contribution < -0.4 is 5.32 Å². The third-order valence-corrected chi connectivity index (χ3v) is 2.43. The fourth-order valence-electron chi connectivity index (χ4n) is 1.67. The van der Waals surface area contributed by atoms with E-state index in [1.54, 1.807) is 7.11 Å². The second-order valence-electron chi connectivity index (χ2n) is 4.28. The number of methoxy groups -OCH3 is 1. The highest BCUT2D eigenvalue weighted by atomic mass is 16.5. The highest BCUT2D eigenvalue weighted by molar-refractivity contribution is 5.26. The number of nitrogens with zero attached hydrogens (tertiary/aromatic N) is 2. The molecule has 0 radical (unpaired) electrons. The van der Waals surface area contributed by atoms with Crippen LogP contribution in [0.2, 0.25) is 0 Å². The van der Waals surface area contributed by atoms with E-state index in [1.165, 1.54) is 0 Å². The van der Waals surface area contributed by atoms with Gasteiger partial charge < -0.3 is 14.6 Å². The van der Waals surface area contributed by atoms with E-state index in [4.69, 9.17) is 9.26 Å². The van der Waals surface area contributed by atoms with Crippen LogP contribution in [0.1, 0.15) is 31.3 Å². The zero-order chi connectivity index (χ0) is 13.0. The maximum Gasteiger partial charge on any atom is 0.321 e. The van der Waals surface area contributed by atoms with Crippen molar-refractivity contribution < 1.29 is 9.26 Å². The Kier molecular flexibility index (Phi) is 3.94. The van der Waals surface area contributed by atoms with Gasteiger partial charge in [0.05, 0.1) is 0 Å². The van der Waals surface area contributed by atoms with Crippen LogP contribution in [0.4, 0.5) is 6.01 Å². The number of anilines is 1. The van der Waals surface area contributed by atoms with Gasteiger partial charge in [-0.1, -0.05) is 35.5 Å². The lowest BCUT2D eigenvalue weighted by Gasteiger charge is -2.10. The molecule has 0 aliphatic rings. The lowest BCUT2D eigenvalue weighted by molar-refractivity contribution is 0.126. The van der Waals surface area contributed by atoms with Gasteiger partial charge in [-0.15, -0.1) is 0 Å². The van der Waals surface area contributed by atoms with E-state index >= 15 is 0 Å². The van der Waals surface area contributed by atoms with Gasteiger partial charge in [0.1, 0.15) is 6.10 Å². The molecule has 0 aliphatic heterocycles. The highest BCUT2D eigenvalue weighted by Gasteiger charge is 2.19. The van der Waals surface area contributed by atoms with Crippen molar-refractivity contribution in [3.05, 3.63) is 41.7 Å². The molecule has 0 spiro atoms. The molecule has 0 amide bonds. The number of nitrogens with one attached hydrogen (secondary N) is 1. The first kappa shape index (κ1) is 12.6. The monoisotopic (exact) mass is 247 g/mol. The van der Waals surface area contributed by atoms with Gasteiger partial charge in [-0.05, 0) is 19.4 Å². The fourth-order valence-corrected chi connectivity index (χ4v) is 1.67. The van der Waals surface area contributed by atoms with Crippen LogP contribution in [-0.4, -0.2) is 23.3 Å². The predicted octanol–water partition coefficient (Wildman–Crippen LogP) is 2.63. The largest absolute Gasteiger partial charge is 0.369 e. The molecule has 1 heterocycles. The van der Waals surface area contributed by atoms with Crippen LogP contribution in [0, 0.1) is 0 Å². The van der Waals surface area contributed by atoms with Crippen molar-refractivity contribution in [2.45, 2.75) is 26.0 Å². The van der Waals surface area contributed by atoms with E-state index in [-0.39, 0.29) is 12.1 Å². The normalized spacial score (nSPS) is 12.7. The molecular formula is C13H17N3O2. The predicted molar refractivity (Wildman–Crippen MR) is 68.4 cm³/mol. The summed E-state index contributed by atoms with van der Waals surface area (Å²) < 4.78 is 10.6. The van der Waals surface area contributed by atoms with Crippen LogP contribution >= 0.6 is 0 Å². The molecule has 5 nitrogen and oxygen atoms in total. The molecule has 1 N–H and O–H groups in total. The molecule has 0 fully saturated rings. The molecule has 1 atom stereocenters. The first-order valence-electron chi connectivity index (χ1n) is 5.88. The van der Waals surface area contributed by atoms with Crippen molar-refractivity contribution in [2.24, 2.45) is 0 Å². The SMILES string of the molecule is COC(c1ccccc1)c1noc(NC(C)C)n1. The van der Waals surface area contributed by atoms with Crippen LogP contribution in [0.15, 0.2) is 34.9 Å². The molecule has 0 bridgehead atoms. The Hall–Kier alpha value is -1.88. The van der Waals surface area contributed by atoms with Crippen LogP contribution in [-0.2, 0) is 4.74 Å². The molecule has 0 saturated carbocycles. The Bertz CT molecular complexity index is 482. The van der Waals surface area contributed by atoms with Gasteiger partial charge in [0.2, 0.25) is 5.82 Å². The second kappa shape index (κ2) is 5.64. The lowest BCUT2D eigenvalue weighted by Crippen LogP contribution is -2.10. The van der Waals surface area contributed by atoms with Gasteiger partial charge in [-0.3, -0.25) is 0 Å². The summed E-state index contributed by atoms with van der Waals surface area (Å²) in [6, 6.07) is 10.5. The second-order valence-corrected chi connectivity index (χ2v) is 4.28. The van der Waals surface area contributed by atoms with Gasteiger partial charge in [0, 0.05) is 13.2 Å². The number of hydrogen-bond acceptors (Lipinski definition) is 5. The Balaban J connectivity index is 2.20. The summed E-state index contributed by atoms with van der Waals surface area (Å²) in [7, 11) is 1.63. The van der Waals surface area contributed by atoms with E-state index < -0.39 is 0 Å². The maximum atomic E-state index is 5.43. The molecule has 1 aromatic carbocycles. The molecule has 1 unspecified atom stereocenters. The fraction of sp³-hybridized carbons (Fsp3) is 0.385. The van der Waals surface area contributed by atoms with Gasteiger partial charge in [0.15, 0.2) is 0 Å². The van der Waals surface area contributed by atoms with Crippen molar-refractivity contribution in [1.29, 1.82) is 0 Å². The summed E-state index contributed by atoms with van der Waals surface area (Å²) in [4.78, 5) is 4.28. The third-order valence-electron chi connectivity index (χ3n) is 2.43. The van der Waals surface area contributed by atoms with E-state index in [0.717, 1.165) is 5.56 Å². The quantitative estimate of drug-likeness (QED) is 0.880. The highest BCUT2D eigenvalue weighted by Crippen LogP contribution is 2.23. The van der Waals surface area contributed by atoms with E-state index in [1.807, 2.05) is 44.2 Å². The minimum Gasteiger partial charge on any atom is -0.369 e. The summed E-state index contributed by atoms with van der Waals surface area (Å²) in [5.41, 5.74) is 0.997. The molecule has 0 saturated heterocycles. The van der Waals surface area contributed by atoms with Gasteiger partial charge in [-0.2, -0.15) is 4.98 Å². The Morgan fingerprint density at radius 3 is 2.56 bits per heavy atom. The summed E-state index contributed by atoms with van der Waals surface area (Å²) in [6.45, 7) is 4.02. The third kappa shape index (κ3) is 2.87. The number of aromatic nitrogens is 2. The van der Waals surface area contributed by atoms with E-state index in [2.05, 4.69) is 15.5 Å². The maximum absolute atomic E-state index is 5.43. The van der Waals surface area contributed by atoms with Crippen molar-refractivity contribution in [3.8, 4) is 0 Å². The molecule has 2 aromatic rings. The average molecular weight is 247 g/mol. The number of benzene rings is 1. The molecule has 0 aliphatic carbocycles. The van der Waals surface area contributed by atoms with E-state index in [0.29, 0.717) is 11.8 Å². The standard InChI is InChI=1S/C13H17N3O2/c1-9(2)14-13-15-12(16-18-13)11(17-3)10-7-5-4-6-8-10/h4-9,11H,1-3H3,(H,14,15,16). The zero-order valence-electron chi connectivity index (χ0n) is 10.8. The first-order chi connectivity index (χ1) is 8.70. The summed E-state index contributed by atoms with van der Waals surface area (Å²) in [5.74, 6) is 0.520. The summed E-state index contributed by atoms with van der Waals surface area (Å²) in [6.07, 6.45) is -0.308. The Labute approximate surface area is 106 Å². The van der Waals surface area contributed by atoms with Gasteiger partial charge in [-0.25, -0.2) is 0 Å². The van der Waals surface area contributed by atoms with Gasteiger partial charge >= 0.3 is 6.01 Å². The first-order valence-corrected chi connectivity index (χ1v) is 5.88. The van der Waals surface area contributed by atoms with Crippen LogP contribution in [0.3, 0.4) is 0 Å². The molecule has 1 aromatic heterocycles. The minimum absolute atomic E-state index is 0.246. The van der Waals surface area contributed by atoms with Crippen molar-refractivity contribution in [3.63, 3.8) is 0 Å². The van der Waals surface area contributed by atoms with Crippen molar-refractivity contribution in [1.82, 2.24) is 10.1 Å². The number of ether oxygens (including phenoxy) is 1. The molecule has 5 heteroatoms. The minimum atomic E-state index is -0.308. The summed E-state index contributed by atoms with van der Waals surface area (Å²) in [5, 5.41) is 7.00. The Morgan fingerprint density at radius 1 is 1.22 bits per heavy atom. The van der Waals surface area contributed by atoms with Crippen LogP contribution in [0.25, 0.3) is 0 Å². The van der Waals surface area contributed by atoms with E-state index in [9.17, 15) is 0 Å². The van der Waals surface area contributed by atoms with Crippen molar-refractivity contribution in [2.75, 3.05) is 12.4 Å².